The van der Waals surface area contributed by atoms with Crippen molar-refractivity contribution in [2.45, 2.75) is 45.1 Å². The van der Waals surface area contributed by atoms with Gasteiger partial charge in [0.1, 0.15) is 12.3 Å². The molecule has 0 spiro atoms. The van der Waals surface area contributed by atoms with Crippen molar-refractivity contribution in [2.75, 3.05) is 20.2 Å². The van der Waals surface area contributed by atoms with Crippen molar-refractivity contribution >= 4 is 17.8 Å². The number of rotatable bonds is 8. The molecule has 1 aromatic rings. The van der Waals surface area contributed by atoms with Crippen LogP contribution in [0, 0.1) is 5.92 Å². The molecule has 0 bridgehead atoms. The fourth-order valence-electron chi connectivity index (χ4n) is 3.15. The number of para-hydroxylation sites is 1. The monoisotopic (exact) mass is 376 g/mol. The lowest BCUT2D eigenvalue weighted by Crippen LogP contribution is -2.40. The van der Waals surface area contributed by atoms with Gasteiger partial charge in [-0.2, -0.15) is 0 Å². The first-order chi connectivity index (χ1) is 13.0. The van der Waals surface area contributed by atoms with E-state index < -0.39 is 18.0 Å². The standard InChI is InChI=1S/C20H28N2O5/c1-14(19(24)21-12-15-8-4-3-5-9-15)27-18(23)13-22-20(25)16-10-6-7-11-17(16)26-2/h6-7,10-11,14-15H,3-5,8-9,12-13H2,1-2H3,(H,21,24)(H,22,25)/t14-/m0/s1. The van der Waals surface area contributed by atoms with E-state index in [-0.39, 0.29) is 12.5 Å². The van der Waals surface area contributed by atoms with E-state index in [1.54, 1.807) is 24.3 Å². The molecule has 2 N–H and O–H groups in total. The Kier molecular flexibility index (Phi) is 8.10. The minimum Gasteiger partial charge on any atom is -0.496 e. The van der Waals surface area contributed by atoms with Gasteiger partial charge in [-0.05, 0) is 37.8 Å². The second kappa shape index (κ2) is 10.5. The topological polar surface area (TPSA) is 93.7 Å². The molecule has 2 rings (SSSR count). The van der Waals surface area contributed by atoms with Crippen LogP contribution in [0.5, 0.6) is 5.75 Å². The van der Waals surface area contributed by atoms with E-state index in [1.165, 1.54) is 33.3 Å². The maximum atomic E-state index is 12.1. The molecular formula is C20H28N2O5. The maximum Gasteiger partial charge on any atom is 0.326 e. The number of nitrogens with one attached hydrogen (secondary N) is 2. The molecule has 7 nitrogen and oxygen atoms in total. The maximum absolute atomic E-state index is 12.1. The van der Waals surface area contributed by atoms with Crippen molar-refractivity contribution < 1.29 is 23.9 Å². The van der Waals surface area contributed by atoms with Gasteiger partial charge in [-0.25, -0.2) is 0 Å². The highest BCUT2D eigenvalue weighted by atomic mass is 16.5. The van der Waals surface area contributed by atoms with Crippen LogP contribution in [-0.4, -0.2) is 44.1 Å². The van der Waals surface area contributed by atoms with Crippen molar-refractivity contribution in [1.82, 2.24) is 10.6 Å². The van der Waals surface area contributed by atoms with E-state index in [0.717, 1.165) is 12.8 Å². The number of amides is 2. The van der Waals surface area contributed by atoms with Crippen LogP contribution in [0.2, 0.25) is 0 Å². The number of carbonyl (C=O) groups excluding carboxylic acids is 3. The molecule has 1 atom stereocenters. The normalized spacial score (nSPS) is 15.5. The van der Waals surface area contributed by atoms with Crippen molar-refractivity contribution in [3.05, 3.63) is 29.8 Å². The van der Waals surface area contributed by atoms with Gasteiger partial charge >= 0.3 is 5.97 Å². The van der Waals surface area contributed by atoms with Crippen molar-refractivity contribution in [1.29, 1.82) is 0 Å². The lowest BCUT2D eigenvalue weighted by Gasteiger charge is -2.22. The Morgan fingerprint density at radius 1 is 1.11 bits per heavy atom. The summed E-state index contributed by atoms with van der Waals surface area (Å²) in [7, 11) is 1.47. The van der Waals surface area contributed by atoms with Crippen LogP contribution in [0.3, 0.4) is 0 Å². The van der Waals surface area contributed by atoms with Crippen molar-refractivity contribution in [2.24, 2.45) is 5.92 Å². The Balaban J connectivity index is 1.72. The Labute approximate surface area is 159 Å². The first-order valence-electron chi connectivity index (χ1n) is 9.39. The molecule has 0 unspecified atom stereocenters. The largest absolute Gasteiger partial charge is 0.496 e. The number of ether oxygens (including phenoxy) is 2. The number of carbonyl (C=O) groups is 3. The van der Waals surface area contributed by atoms with Crippen molar-refractivity contribution in [3.8, 4) is 5.75 Å². The van der Waals surface area contributed by atoms with E-state index in [9.17, 15) is 14.4 Å². The molecule has 0 radical (unpaired) electrons. The van der Waals surface area contributed by atoms with Crippen LogP contribution in [0.4, 0.5) is 0 Å². The van der Waals surface area contributed by atoms with Crippen LogP contribution >= 0.6 is 0 Å². The van der Waals surface area contributed by atoms with Gasteiger partial charge in [-0.1, -0.05) is 31.4 Å². The van der Waals surface area contributed by atoms with Gasteiger partial charge in [0.25, 0.3) is 11.8 Å². The SMILES string of the molecule is COc1ccccc1C(=O)NCC(=O)O[C@@H](C)C(=O)NCC1CCCCC1. The second-order valence-electron chi connectivity index (χ2n) is 6.76. The molecule has 0 heterocycles. The molecule has 2 amide bonds. The summed E-state index contributed by atoms with van der Waals surface area (Å²) >= 11 is 0. The average molecular weight is 376 g/mol. The number of benzene rings is 1. The minimum absolute atomic E-state index is 0.315. The third kappa shape index (κ3) is 6.58. The highest BCUT2D eigenvalue weighted by molar-refractivity contribution is 5.98. The van der Waals surface area contributed by atoms with Gasteiger partial charge < -0.3 is 20.1 Å². The number of esters is 1. The predicted molar refractivity (Wildman–Crippen MR) is 100 cm³/mol. The first-order valence-corrected chi connectivity index (χ1v) is 9.39. The fourth-order valence-corrected chi connectivity index (χ4v) is 3.15. The summed E-state index contributed by atoms with van der Waals surface area (Å²) in [5, 5.41) is 5.32. The quantitative estimate of drug-likeness (QED) is 0.678. The molecular weight excluding hydrogens is 348 g/mol. The summed E-state index contributed by atoms with van der Waals surface area (Å²) in [4.78, 5) is 36.1. The Bertz CT molecular complexity index is 656. The van der Waals surface area contributed by atoms with Crippen molar-refractivity contribution in [3.63, 3.8) is 0 Å². The predicted octanol–water partition coefficient (Wildman–Crippen LogP) is 2.05. The van der Waals surface area contributed by atoms with E-state index in [4.69, 9.17) is 9.47 Å². The zero-order valence-electron chi connectivity index (χ0n) is 16.0. The van der Waals surface area contributed by atoms with Crippen LogP contribution in [0.25, 0.3) is 0 Å². The van der Waals surface area contributed by atoms with Gasteiger partial charge in [0, 0.05) is 6.54 Å². The van der Waals surface area contributed by atoms with Crippen LogP contribution in [0.1, 0.15) is 49.4 Å². The van der Waals surface area contributed by atoms with Gasteiger partial charge in [-0.3, -0.25) is 14.4 Å². The summed E-state index contributed by atoms with van der Waals surface area (Å²) in [6.45, 7) is 1.82. The Morgan fingerprint density at radius 2 is 1.81 bits per heavy atom. The van der Waals surface area contributed by atoms with Gasteiger partial charge in [0.05, 0.1) is 12.7 Å². The molecule has 27 heavy (non-hydrogen) atoms. The molecule has 148 valence electrons. The Morgan fingerprint density at radius 3 is 2.52 bits per heavy atom. The molecule has 0 saturated heterocycles. The lowest BCUT2D eigenvalue weighted by atomic mass is 9.89. The minimum atomic E-state index is -0.899. The second-order valence-corrected chi connectivity index (χ2v) is 6.76. The lowest BCUT2D eigenvalue weighted by molar-refractivity contribution is -0.153. The molecule has 7 heteroatoms. The Hall–Kier alpha value is -2.57. The molecule has 0 aromatic heterocycles. The molecule has 1 aliphatic carbocycles. The molecule has 1 aliphatic rings. The molecule has 1 aromatic carbocycles. The van der Waals surface area contributed by atoms with E-state index >= 15 is 0 Å². The van der Waals surface area contributed by atoms with Gasteiger partial charge in [0.2, 0.25) is 0 Å². The average Bonchev–Trinajstić information content (AvgIpc) is 2.70. The van der Waals surface area contributed by atoms with Gasteiger partial charge in [0.15, 0.2) is 6.10 Å². The van der Waals surface area contributed by atoms with Crippen LogP contribution in [0.15, 0.2) is 24.3 Å². The molecule has 1 fully saturated rings. The van der Waals surface area contributed by atoms with Crippen LogP contribution < -0.4 is 15.4 Å². The summed E-state index contributed by atoms with van der Waals surface area (Å²) < 4.78 is 10.2. The third-order valence-corrected chi connectivity index (χ3v) is 4.71. The summed E-state index contributed by atoms with van der Waals surface area (Å²) in [5.41, 5.74) is 0.325. The van der Waals surface area contributed by atoms with Crippen LogP contribution in [-0.2, 0) is 14.3 Å². The van der Waals surface area contributed by atoms with E-state index in [0.29, 0.717) is 23.8 Å². The molecule has 0 aliphatic heterocycles. The highest BCUT2D eigenvalue weighted by Gasteiger charge is 2.21. The number of hydrogen-bond donors (Lipinski definition) is 2. The zero-order chi connectivity index (χ0) is 19.6. The summed E-state index contributed by atoms with van der Waals surface area (Å²) in [6, 6.07) is 6.71. The summed E-state index contributed by atoms with van der Waals surface area (Å²) in [5.74, 6) is -0.507. The summed E-state index contributed by atoms with van der Waals surface area (Å²) in [6.07, 6.45) is 5.03. The van der Waals surface area contributed by atoms with E-state index in [1.807, 2.05) is 0 Å². The highest BCUT2D eigenvalue weighted by Crippen LogP contribution is 2.22. The van der Waals surface area contributed by atoms with Gasteiger partial charge in [-0.15, -0.1) is 0 Å². The zero-order valence-corrected chi connectivity index (χ0v) is 16.0. The first kappa shape index (κ1) is 20.7. The van der Waals surface area contributed by atoms with E-state index in [2.05, 4.69) is 10.6 Å². The number of hydrogen-bond acceptors (Lipinski definition) is 5. The fraction of sp³-hybridized carbons (Fsp3) is 0.550. The number of methoxy groups -OCH3 is 1. The smallest absolute Gasteiger partial charge is 0.326 e. The molecule has 1 saturated carbocycles. The third-order valence-electron chi connectivity index (χ3n) is 4.71.